The molecule has 1 saturated carbocycles. The summed E-state index contributed by atoms with van der Waals surface area (Å²) >= 11 is 0. The smallest absolute Gasteiger partial charge is 0.303 e. The van der Waals surface area contributed by atoms with Crippen LogP contribution in [0.1, 0.15) is 51.4 Å². The van der Waals surface area contributed by atoms with Crippen molar-refractivity contribution in [2.75, 3.05) is 13.4 Å². The van der Waals surface area contributed by atoms with Crippen LogP contribution in [-0.2, 0) is 19.0 Å². The number of hydrogen-bond donors (Lipinski definition) is 4. The Balaban J connectivity index is 1.54. The number of allylic oxidation sites excluding steroid dienone is 2. The number of ether oxygens (including phenoxy) is 3. The predicted molar refractivity (Wildman–Crippen MR) is 110 cm³/mol. The van der Waals surface area contributed by atoms with E-state index in [-0.39, 0.29) is 37.1 Å². The van der Waals surface area contributed by atoms with E-state index >= 15 is 0 Å². The highest BCUT2D eigenvalue weighted by molar-refractivity contribution is 5.91. The Morgan fingerprint density at radius 3 is 3.13 bits per heavy atom. The lowest BCUT2D eigenvalue weighted by Gasteiger charge is -2.40. The van der Waals surface area contributed by atoms with Crippen LogP contribution in [0.2, 0.25) is 0 Å². The topological polar surface area (TPSA) is 139 Å². The van der Waals surface area contributed by atoms with Crippen LogP contribution in [0.5, 0.6) is 0 Å². The average Bonchev–Trinajstić information content (AvgIpc) is 3.31. The van der Waals surface area contributed by atoms with Crippen LogP contribution in [0.4, 0.5) is 0 Å². The number of fused-ring (bicyclic) bond motifs is 1. The summed E-state index contributed by atoms with van der Waals surface area (Å²) in [6.07, 6.45) is 10.1. The summed E-state index contributed by atoms with van der Waals surface area (Å²) in [6, 6.07) is 0. The number of nitrogens with two attached hydrogens (primary N) is 1. The second-order valence-corrected chi connectivity index (χ2v) is 8.40. The van der Waals surface area contributed by atoms with E-state index in [9.17, 15) is 4.79 Å². The Kier molecular flexibility index (Phi) is 6.10. The summed E-state index contributed by atoms with van der Waals surface area (Å²) in [4.78, 5) is 10.7. The number of aliphatic carboxylic acids is 1. The first-order chi connectivity index (χ1) is 14.5. The molecule has 4 aliphatic rings. The minimum Gasteiger partial charge on any atom is -0.495 e. The van der Waals surface area contributed by atoms with Gasteiger partial charge in [-0.1, -0.05) is 5.57 Å². The molecule has 1 spiro atoms. The van der Waals surface area contributed by atoms with Crippen molar-refractivity contribution >= 4 is 17.6 Å². The molecular weight excluding hydrogens is 388 g/mol. The van der Waals surface area contributed by atoms with Crippen LogP contribution in [0.15, 0.2) is 28.6 Å². The number of nitrogens with one attached hydrogen (secondary N) is 2. The molecule has 4 rings (SSSR count). The van der Waals surface area contributed by atoms with Crippen molar-refractivity contribution in [3.63, 3.8) is 0 Å². The minimum atomic E-state index is -0.783. The standard InChI is InChI=1S/C21H30N4O5/c22-20(23)25-24-16-10-14-7-8-17(28-9-2-1-6-18(26)27)19-21(14,30-12-29-19)11-13-4-3-5-15(13)16/h8,11,14-15,19H,1-7,9-10,12H2,(H,26,27)(H4,22,23,25)/b24-16+. The molecule has 0 amide bonds. The SMILES string of the molecule is N=C(N)N/N=C1\CC2CC=C(OCCCCC(=O)O)C3OCOC23C=C2CCCC21. The molecule has 3 aliphatic carbocycles. The largest absolute Gasteiger partial charge is 0.495 e. The first kappa shape index (κ1) is 20.9. The van der Waals surface area contributed by atoms with Gasteiger partial charge >= 0.3 is 5.97 Å². The third-order valence-corrected chi connectivity index (χ3v) is 6.50. The minimum absolute atomic E-state index is 0.154. The normalized spacial score (nSPS) is 33.6. The van der Waals surface area contributed by atoms with Gasteiger partial charge in [-0.15, -0.1) is 0 Å². The van der Waals surface area contributed by atoms with Crippen molar-refractivity contribution in [2.45, 2.75) is 63.1 Å². The first-order valence-corrected chi connectivity index (χ1v) is 10.7. The third kappa shape index (κ3) is 4.09. The summed E-state index contributed by atoms with van der Waals surface area (Å²) < 4.78 is 18.3. The Morgan fingerprint density at radius 1 is 1.47 bits per heavy atom. The molecule has 0 aromatic rings. The molecule has 9 heteroatoms. The van der Waals surface area contributed by atoms with Gasteiger partial charge < -0.3 is 25.1 Å². The molecule has 0 aromatic heterocycles. The van der Waals surface area contributed by atoms with Crippen LogP contribution in [0.25, 0.3) is 0 Å². The zero-order valence-electron chi connectivity index (χ0n) is 17.1. The van der Waals surface area contributed by atoms with Gasteiger partial charge in [0, 0.05) is 24.0 Å². The van der Waals surface area contributed by atoms with E-state index in [4.69, 9.17) is 30.5 Å². The van der Waals surface area contributed by atoms with Gasteiger partial charge in [-0.05, 0) is 57.1 Å². The van der Waals surface area contributed by atoms with Crippen molar-refractivity contribution in [1.82, 2.24) is 5.43 Å². The van der Waals surface area contributed by atoms with E-state index < -0.39 is 11.6 Å². The summed E-state index contributed by atoms with van der Waals surface area (Å²) in [7, 11) is 0. The van der Waals surface area contributed by atoms with Crippen molar-refractivity contribution in [3.8, 4) is 0 Å². The number of guanidine groups is 1. The van der Waals surface area contributed by atoms with Gasteiger partial charge in [0.1, 0.15) is 24.3 Å². The molecule has 4 unspecified atom stereocenters. The van der Waals surface area contributed by atoms with Crippen LogP contribution >= 0.6 is 0 Å². The molecule has 1 aliphatic heterocycles. The molecule has 0 aromatic carbocycles. The molecule has 5 N–H and O–H groups in total. The monoisotopic (exact) mass is 418 g/mol. The quantitative estimate of drug-likeness (QED) is 0.163. The molecule has 30 heavy (non-hydrogen) atoms. The number of carboxylic acid groups (broad SMARTS) is 1. The van der Waals surface area contributed by atoms with Crippen molar-refractivity contribution in [2.24, 2.45) is 22.7 Å². The predicted octanol–water partition coefficient (Wildman–Crippen LogP) is 2.24. The fourth-order valence-electron chi connectivity index (χ4n) is 5.14. The van der Waals surface area contributed by atoms with Crippen LogP contribution in [0.3, 0.4) is 0 Å². The molecule has 164 valence electrons. The number of nitrogens with zero attached hydrogens (tertiary/aromatic N) is 1. The second kappa shape index (κ2) is 8.77. The van der Waals surface area contributed by atoms with Crippen LogP contribution in [0, 0.1) is 17.2 Å². The molecule has 0 bridgehead atoms. The second-order valence-electron chi connectivity index (χ2n) is 8.40. The van der Waals surface area contributed by atoms with Crippen LogP contribution in [-0.4, -0.2) is 47.9 Å². The molecule has 4 atom stereocenters. The molecular formula is C21H30N4O5. The zero-order valence-corrected chi connectivity index (χ0v) is 17.1. The Bertz CT molecular complexity index is 792. The number of hydrogen-bond acceptors (Lipinski definition) is 6. The van der Waals surface area contributed by atoms with Crippen molar-refractivity contribution < 1.29 is 24.1 Å². The van der Waals surface area contributed by atoms with E-state index in [2.05, 4.69) is 22.7 Å². The highest BCUT2D eigenvalue weighted by atomic mass is 16.7. The number of rotatable bonds is 7. The maximum Gasteiger partial charge on any atom is 0.303 e. The lowest BCUT2D eigenvalue weighted by molar-refractivity contribution is -0.137. The lowest BCUT2D eigenvalue weighted by Crippen LogP contribution is -2.49. The molecule has 1 saturated heterocycles. The Hall–Kier alpha value is -2.39. The van der Waals surface area contributed by atoms with E-state index in [0.29, 0.717) is 19.4 Å². The number of unbranched alkanes of at least 4 members (excludes halogenated alkanes) is 1. The first-order valence-electron chi connectivity index (χ1n) is 10.7. The molecule has 1 heterocycles. The van der Waals surface area contributed by atoms with Crippen molar-refractivity contribution in [3.05, 3.63) is 23.5 Å². The number of carbonyl (C=O) groups is 1. The summed E-state index contributed by atoms with van der Waals surface area (Å²) in [6.45, 7) is 0.682. The van der Waals surface area contributed by atoms with Gasteiger partial charge in [0.2, 0.25) is 5.96 Å². The van der Waals surface area contributed by atoms with Gasteiger partial charge in [-0.2, -0.15) is 5.10 Å². The number of hydrazone groups is 1. The molecule has 9 nitrogen and oxygen atoms in total. The van der Waals surface area contributed by atoms with E-state index in [1.165, 1.54) is 5.57 Å². The fourth-order valence-corrected chi connectivity index (χ4v) is 5.14. The van der Waals surface area contributed by atoms with Crippen LogP contribution < -0.4 is 11.2 Å². The Morgan fingerprint density at radius 2 is 2.33 bits per heavy atom. The highest BCUT2D eigenvalue weighted by Gasteiger charge is 2.56. The van der Waals surface area contributed by atoms with Gasteiger partial charge in [-0.25, -0.2) is 5.43 Å². The van der Waals surface area contributed by atoms with Gasteiger partial charge in [-0.3, -0.25) is 10.2 Å². The van der Waals surface area contributed by atoms with Gasteiger partial charge in [0.05, 0.1) is 6.61 Å². The molecule has 0 radical (unpaired) electrons. The lowest BCUT2D eigenvalue weighted by atomic mass is 9.74. The summed E-state index contributed by atoms with van der Waals surface area (Å²) in [5, 5.41) is 20.7. The average molecular weight is 418 g/mol. The molecule has 2 fully saturated rings. The fraction of sp³-hybridized carbons (Fsp3) is 0.667. The van der Waals surface area contributed by atoms with Gasteiger partial charge in [0.15, 0.2) is 0 Å². The van der Waals surface area contributed by atoms with E-state index in [0.717, 1.165) is 43.6 Å². The summed E-state index contributed by atoms with van der Waals surface area (Å²) in [5.74, 6) is 0.254. The van der Waals surface area contributed by atoms with E-state index in [1.54, 1.807) is 0 Å². The third-order valence-electron chi connectivity index (χ3n) is 6.50. The summed E-state index contributed by atoms with van der Waals surface area (Å²) in [5.41, 5.74) is 9.86. The maximum atomic E-state index is 10.7. The van der Waals surface area contributed by atoms with Gasteiger partial charge in [0.25, 0.3) is 0 Å². The maximum absolute atomic E-state index is 10.7. The highest BCUT2D eigenvalue weighted by Crippen LogP contribution is 2.50. The van der Waals surface area contributed by atoms with E-state index in [1.807, 2.05) is 0 Å². The number of carboxylic acids is 1. The zero-order chi connectivity index (χ0) is 21.1. The Labute approximate surface area is 175 Å². The van der Waals surface area contributed by atoms with Crippen molar-refractivity contribution in [1.29, 1.82) is 5.41 Å².